The number of nitrogens with one attached hydrogen (secondary N) is 2. The molecule has 2 unspecified atom stereocenters. The van der Waals surface area contributed by atoms with Crippen molar-refractivity contribution in [3.63, 3.8) is 0 Å². The molecular formula is C18H26N4O4. The Labute approximate surface area is 153 Å². The van der Waals surface area contributed by atoms with Crippen molar-refractivity contribution in [2.45, 2.75) is 25.9 Å². The highest BCUT2D eigenvalue weighted by Gasteiger charge is 2.04. The molecule has 0 aliphatic rings. The number of aliphatic carboxylic acids is 2. The Morgan fingerprint density at radius 3 is 1.35 bits per heavy atom. The molecule has 0 radical (unpaired) electrons. The van der Waals surface area contributed by atoms with Gasteiger partial charge in [-0.3, -0.25) is 9.97 Å². The molecule has 2 heterocycles. The van der Waals surface area contributed by atoms with Crippen LogP contribution in [0, 0.1) is 0 Å². The van der Waals surface area contributed by atoms with Crippen LogP contribution in [0.5, 0.6) is 0 Å². The molecule has 4 N–H and O–H groups in total. The lowest BCUT2D eigenvalue weighted by molar-refractivity contribution is -0.159. The zero-order valence-electron chi connectivity index (χ0n) is 15.4. The molecule has 8 heteroatoms. The van der Waals surface area contributed by atoms with Crippen LogP contribution in [0.4, 0.5) is 0 Å². The fourth-order valence-electron chi connectivity index (χ4n) is 1.56. The largest absolute Gasteiger partial charge is 0.473 e. The van der Waals surface area contributed by atoms with Crippen LogP contribution in [0.3, 0.4) is 0 Å². The first-order valence-corrected chi connectivity index (χ1v) is 7.96. The number of rotatable bonds is 4. The van der Waals surface area contributed by atoms with Crippen molar-refractivity contribution in [3.8, 4) is 0 Å². The second-order valence-electron chi connectivity index (χ2n) is 5.14. The number of nitrogens with zero attached hydrogens (tertiary/aromatic N) is 2. The van der Waals surface area contributed by atoms with Crippen molar-refractivity contribution in [3.05, 3.63) is 60.2 Å². The normalized spacial score (nSPS) is 11.7. The minimum absolute atomic E-state index is 0.348. The van der Waals surface area contributed by atoms with E-state index in [-0.39, 0.29) is 0 Å². The molecule has 2 aromatic rings. The van der Waals surface area contributed by atoms with E-state index in [1.807, 2.05) is 62.9 Å². The quantitative estimate of drug-likeness (QED) is 0.608. The summed E-state index contributed by atoms with van der Waals surface area (Å²) in [6.45, 7) is 4.17. The summed E-state index contributed by atoms with van der Waals surface area (Å²) in [5, 5.41) is 21.0. The number of carboxylic acids is 2. The van der Waals surface area contributed by atoms with Crippen LogP contribution in [0.2, 0.25) is 0 Å². The van der Waals surface area contributed by atoms with E-state index in [1.54, 1.807) is 0 Å². The third-order valence-electron chi connectivity index (χ3n) is 3.31. The topological polar surface area (TPSA) is 124 Å². The van der Waals surface area contributed by atoms with Gasteiger partial charge >= 0.3 is 11.9 Å². The van der Waals surface area contributed by atoms with Gasteiger partial charge in [-0.2, -0.15) is 0 Å². The second kappa shape index (κ2) is 13.5. The number of hydrogen-bond donors (Lipinski definition) is 4. The van der Waals surface area contributed by atoms with E-state index >= 15 is 0 Å². The number of carboxylic acid groups (broad SMARTS) is 2. The van der Waals surface area contributed by atoms with Crippen LogP contribution in [0.1, 0.15) is 37.3 Å². The number of hydrogen-bond acceptors (Lipinski definition) is 6. The highest BCUT2D eigenvalue weighted by molar-refractivity contribution is 6.27. The summed E-state index contributed by atoms with van der Waals surface area (Å²) in [6, 6.07) is 12.6. The Kier molecular flexibility index (Phi) is 12.0. The lowest BCUT2D eigenvalue weighted by Crippen LogP contribution is -2.13. The van der Waals surface area contributed by atoms with Crippen LogP contribution < -0.4 is 10.6 Å². The fraction of sp³-hybridized carbons (Fsp3) is 0.333. The van der Waals surface area contributed by atoms with Gasteiger partial charge in [-0.15, -0.1) is 0 Å². The molecule has 0 fully saturated rings. The zero-order chi connectivity index (χ0) is 19.9. The molecule has 0 aliphatic carbocycles. The molecule has 0 amide bonds. The van der Waals surface area contributed by atoms with Gasteiger partial charge in [0.2, 0.25) is 0 Å². The summed E-state index contributed by atoms with van der Waals surface area (Å²) >= 11 is 0. The van der Waals surface area contributed by atoms with Crippen molar-refractivity contribution in [2.24, 2.45) is 0 Å². The molecule has 0 saturated carbocycles. The van der Waals surface area contributed by atoms with Crippen LogP contribution in [-0.4, -0.2) is 46.2 Å². The molecule has 142 valence electrons. The number of pyridine rings is 2. The van der Waals surface area contributed by atoms with Crippen molar-refractivity contribution in [1.29, 1.82) is 0 Å². The van der Waals surface area contributed by atoms with Gasteiger partial charge in [0, 0.05) is 24.5 Å². The van der Waals surface area contributed by atoms with E-state index in [1.165, 1.54) is 0 Å². The first-order chi connectivity index (χ1) is 12.3. The van der Waals surface area contributed by atoms with Crippen molar-refractivity contribution >= 4 is 11.9 Å². The Morgan fingerprint density at radius 1 is 0.808 bits per heavy atom. The van der Waals surface area contributed by atoms with Crippen LogP contribution in [-0.2, 0) is 9.59 Å². The maximum absolute atomic E-state index is 9.10. The summed E-state index contributed by atoms with van der Waals surface area (Å²) in [6.07, 6.45) is 3.62. The predicted octanol–water partition coefficient (Wildman–Crippen LogP) is 1.88. The number of carbonyl (C=O) groups is 2. The molecule has 2 aromatic heterocycles. The van der Waals surface area contributed by atoms with E-state index in [0.717, 1.165) is 11.4 Å². The first kappa shape index (κ1) is 23.2. The Bertz CT molecular complexity index is 581. The minimum Gasteiger partial charge on any atom is -0.473 e. The molecule has 2 rings (SSSR count). The number of aromatic nitrogens is 2. The summed E-state index contributed by atoms with van der Waals surface area (Å²) in [7, 11) is 3.86. The molecule has 0 bridgehead atoms. The average molecular weight is 362 g/mol. The van der Waals surface area contributed by atoms with Gasteiger partial charge in [0.15, 0.2) is 0 Å². The smallest absolute Gasteiger partial charge is 0.414 e. The van der Waals surface area contributed by atoms with Gasteiger partial charge < -0.3 is 20.8 Å². The average Bonchev–Trinajstić information content (AvgIpc) is 2.69. The van der Waals surface area contributed by atoms with E-state index in [0.29, 0.717) is 12.1 Å². The highest BCUT2D eigenvalue weighted by atomic mass is 16.4. The molecule has 26 heavy (non-hydrogen) atoms. The molecule has 0 aromatic carbocycles. The highest BCUT2D eigenvalue weighted by Crippen LogP contribution is 2.06. The standard InChI is InChI=1S/2C8H12N2.C2H2O4/c2*1-7(9-2)8-5-3-4-6-10-8;3-1(4)2(5)6/h2*3-7,9H,1-2H3;(H,3,4)(H,5,6). The summed E-state index contributed by atoms with van der Waals surface area (Å²) in [5.74, 6) is -3.65. The maximum Gasteiger partial charge on any atom is 0.414 e. The van der Waals surface area contributed by atoms with Crippen LogP contribution in [0.25, 0.3) is 0 Å². The monoisotopic (exact) mass is 362 g/mol. The van der Waals surface area contributed by atoms with E-state index in [2.05, 4.69) is 34.4 Å². The van der Waals surface area contributed by atoms with Gasteiger partial charge in [0.25, 0.3) is 0 Å². The van der Waals surface area contributed by atoms with E-state index in [4.69, 9.17) is 19.8 Å². The Hall–Kier alpha value is -2.84. The molecule has 8 nitrogen and oxygen atoms in total. The van der Waals surface area contributed by atoms with Crippen molar-refractivity contribution in [2.75, 3.05) is 14.1 Å². The minimum atomic E-state index is -1.82. The van der Waals surface area contributed by atoms with E-state index in [9.17, 15) is 0 Å². The summed E-state index contributed by atoms with van der Waals surface area (Å²) in [5.41, 5.74) is 2.18. The van der Waals surface area contributed by atoms with Gasteiger partial charge in [-0.1, -0.05) is 12.1 Å². The molecule has 0 aliphatic heterocycles. The van der Waals surface area contributed by atoms with Gasteiger partial charge in [0.05, 0.1) is 11.4 Å². The molecular weight excluding hydrogens is 336 g/mol. The third-order valence-corrected chi connectivity index (χ3v) is 3.31. The maximum atomic E-state index is 9.10. The lowest BCUT2D eigenvalue weighted by Gasteiger charge is -2.07. The zero-order valence-corrected chi connectivity index (χ0v) is 15.4. The molecule has 0 spiro atoms. The van der Waals surface area contributed by atoms with Crippen LogP contribution in [0.15, 0.2) is 48.8 Å². The SMILES string of the molecule is CNC(C)c1ccccn1.CNC(C)c1ccccn1.O=C(O)C(=O)O. The second-order valence-corrected chi connectivity index (χ2v) is 5.14. The summed E-state index contributed by atoms with van der Waals surface area (Å²) in [4.78, 5) is 26.6. The van der Waals surface area contributed by atoms with Crippen molar-refractivity contribution in [1.82, 2.24) is 20.6 Å². The van der Waals surface area contributed by atoms with E-state index < -0.39 is 11.9 Å². The van der Waals surface area contributed by atoms with Crippen molar-refractivity contribution < 1.29 is 19.8 Å². The van der Waals surface area contributed by atoms with Crippen LogP contribution >= 0.6 is 0 Å². The first-order valence-electron chi connectivity index (χ1n) is 7.96. The lowest BCUT2D eigenvalue weighted by atomic mass is 10.2. The Balaban J connectivity index is 0.000000375. The van der Waals surface area contributed by atoms with Gasteiger partial charge in [-0.05, 0) is 52.2 Å². The Morgan fingerprint density at radius 2 is 1.15 bits per heavy atom. The molecule has 2 atom stereocenters. The van der Waals surface area contributed by atoms with Gasteiger partial charge in [-0.25, -0.2) is 9.59 Å². The third kappa shape index (κ3) is 10.1. The van der Waals surface area contributed by atoms with Gasteiger partial charge in [0.1, 0.15) is 0 Å². The fourth-order valence-corrected chi connectivity index (χ4v) is 1.56. The molecule has 0 saturated heterocycles. The predicted molar refractivity (Wildman–Crippen MR) is 98.7 cm³/mol. The summed E-state index contributed by atoms with van der Waals surface area (Å²) < 4.78 is 0.